The van der Waals surface area contributed by atoms with Gasteiger partial charge in [0, 0.05) is 19.7 Å². The van der Waals surface area contributed by atoms with Gasteiger partial charge in [0.2, 0.25) is 10.0 Å². The molecule has 0 spiro atoms. The van der Waals surface area contributed by atoms with Crippen LogP contribution in [0.2, 0.25) is 0 Å². The fourth-order valence-electron chi connectivity index (χ4n) is 3.27. The zero-order chi connectivity index (χ0) is 16.3. The molecule has 2 unspecified atom stereocenters. The van der Waals surface area contributed by atoms with Gasteiger partial charge in [-0.05, 0) is 54.1 Å². The van der Waals surface area contributed by atoms with Crippen molar-refractivity contribution in [3.63, 3.8) is 0 Å². The molecule has 7 heteroatoms. The Kier molecular flexibility index (Phi) is 5.94. The van der Waals surface area contributed by atoms with Crippen LogP contribution in [0.1, 0.15) is 30.7 Å². The minimum absolute atomic E-state index is 0.0413. The van der Waals surface area contributed by atoms with Crippen molar-refractivity contribution in [1.82, 2.24) is 4.31 Å². The first kappa shape index (κ1) is 17.8. The molecule has 0 saturated carbocycles. The van der Waals surface area contributed by atoms with E-state index in [1.54, 1.807) is 0 Å². The molecular weight excluding hydrogens is 324 g/mol. The lowest BCUT2D eigenvalue weighted by Crippen LogP contribution is -2.39. The number of piperidine rings is 1. The second kappa shape index (κ2) is 7.35. The average molecular weight is 347 g/mol. The highest BCUT2D eigenvalue weighted by Gasteiger charge is 2.30. The van der Waals surface area contributed by atoms with Gasteiger partial charge in [0.15, 0.2) is 0 Å². The molecule has 0 bridgehead atoms. The first-order valence-corrected chi connectivity index (χ1v) is 9.85. The maximum Gasteiger partial charge on any atom is 0.211 e. The van der Waals surface area contributed by atoms with Gasteiger partial charge >= 0.3 is 0 Å². The Balaban J connectivity index is 2.16. The summed E-state index contributed by atoms with van der Waals surface area (Å²) in [5.41, 5.74) is 0.886. The SMILES string of the molecule is CS(=O)(=O)N1CCC(C(CCO)c2cc(F)cc(P)c2)CC1. The largest absolute Gasteiger partial charge is 0.396 e. The summed E-state index contributed by atoms with van der Waals surface area (Å²) < 4.78 is 38.3. The zero-order valence-electron chi connectivity index (χ0n) is 12.7. The van der Waals surface area contributed by atoms with E-state index in [-0.39, 0.29) is 24.3 Å². The van der Waals surface area contributed by atoms with Crippen LogP contribution in [0.3, 0.4) is 0 Å². The van der Waals surface area contributed by atoms with E-state index in [1.165, 1.54) is 22.7 Å². The van der Waals surface area contributed by atoms with E-state index in [9.17, 15) is 17.9 Å². The van der Waals surface area contributed by atoms with Crippen molar-refractivity contribution >= 4 is 24.6 Å². The fraction of sp³-hybridized carbons (Fsp3) is 0.600. The maximum absolute atomic E-state index is 13.7. The molecule has 1 fully saturated rings. The Morgan fingerprint density at radius 2 is 2.00 bits per heavy atom. The molecule has 4 nitrogen and oxygen atoms in total. The Morgan fingerprint density at radius 1 is 1.36 bits per heavy atom. The van der Waals surface area contributed by atoms with Crippen molar-refractivity contribution in [3.8, 4) is 0 Å². The van der Waals surface area contributed by atoms with Crippen molar-refractivity contribution in [2.24, 2.45) is 5.92 Å². The molecule has 1 aliphatic rings. The van der Waals surface area contributed by atoms with Crippen molar-refractivity contribution < 1.29 is 17.9 Å². The third-order valence-electron chi connectivity index (χ3n) is 4.35. The zero-order valence-corrected chi connectivity index (χ0v) is 14.7. The molecule has 1 heterocycles. The number of benzene rings is 1. The van der Waals surface area contributed by atoms with Gasteiger partial charge in [-0.3, -0.25) is 0 Å². The van der Waals surface area contributed by atoms with Crippen LogP contribution in [-0.2, 0) is 10.0 Å². The van der Waals surface area contributed by atoms with E-state index in [4.69, 9.17) is 0 Å². The predicted octanol–water partition coefficient (Wildman–Crippen LogP) is 1.46. The summed E-state index contributed by atoms with van der Waals surface area (Å²) in [6, 6.07) is 4.91. The molecular formula is C15H23FNO3PS. The van der Waals surface area contributed by atoms with Gasteiger partial charge < -0.3 is 5.11 Å². The van der Waals surface area contributed by atoms with Crippen molar-refractivity contribution in [3.05, 3.63) is 29.6 Å². The van der Waals surface area contributed by atoms with E-state index in [1.807, 2.05) is 6.07 Å². The number of rotatable bonds is 5. The molecule has 0 aromatic heterocycles. The van der Waals surface area contributed by atoms with E-state index < -0.39 is 10.0 Å². The van der Waals surface area contributed by atoms with Gasteiger partial charge in [0.1, 0.15) is 5.82 Å². The third-order valence-corrected chi connectivity index (χ3v) is 5.98. The molecule has 1 N–H and O–H groups in total. The fourth-order valence-corrected chi connectivity index (χ4v) is 4.50. The molecule has 1 aromatic carbocycles. The number of hydrogen-bond donors (Lipinski definition) is 1. The number of sulfonamides is 1. The van der Waals surface area contributed by atoms with Crippen LogP contribution >= 0.6 is 9.24 Å². The van der Waals surface area contributed by atoms with E-state index in [0.29, 0.717) is 19.5 Å². The van der Waals surface area contributed by atoms with Gasteiger partial charge in [0.05, 0.1) is 6.26 Å². The first-order valence-electron chi connectivity index (χ1n) is 7.43. The summed E-state index contributed by atoms with van der Waals surface area (Å²) in [6.07, 6.45) is 3.27. The summed E-state index contributed by atoms with van der Waals surface area (Å²) in [4.78, 5) is 0. The van der Waals surface area contributed by atoms with Gasteiger partial charge in [-0.2, -0.15) is 0 Å². The second-order valence-corrected chi connectivity index (χ2v) is 8.59. The van der Waals surface area contributed by atoms with E-state index >= 15 is 0 Å². The quantitative estimate of drug-likeness (QED) is 0.821. The number of aliphatic hydroxyl groups is 1. The van der Waals surface area contributed by atoms with E-state index in [0.717, 1.165) is 23.7 Å². The van der Waals surface area contributed by atoms with Gasteiger partial charge in [-0.25, -0.2) is 17.1 Å². The van der Waals surface area contributed by atoms with Crippen LogP contribution in [0.15, 0.2) is 18.2 Å². The maximum atomic E-state index is 13.7. The van der Waals surface area contributed by atoms with Crippen molar-refractivity contribution in [1.29, 1.82) is 0 Å². The number of nitrogens with zero attached hydrogens (tertiary/aromatic N) is 1. The topological polar surface area (TPSA) is 57.6 Å². The van der Waals surface area contributed by atoms with Crippen LogP contribution in [0.5, 0.6) is 0 Å². The third kappa shape index (κ3) is 4.48. The molecule has 2 rings (SSSR count). The van der Waals surface area contributed by atoms with Crippen molar-refractivity contribution in [2.45, 2.75) is 25.2 Å². The van der Waals surface area contributed by atoms with Crippen molar-refractivity contribution in [2.75, 3.05) is 26.0 Å². The molecule has 2 atom stereocenters. The smallest absolute Gasteiger partial charge is 0.211 e. The highest BCUT2D eigenvalue weighted by molar-refractivity contribution is 7.88. The van der Waals surface area contributed by atoms with Gasteiger partial charge in [-0.15, -0.1) is 9.24 Å². The minimum Gasteiger partial charge on any atom is -0.396 e. The minimum atomic E-state index is -3.14. The molecule has 0 amide bonds. The highest BCUT2D eigenvalue weighted by Crippen LogP contribution is 2.35. The monoisotopic (exact) mass is 347 g/mol. The molecule has 22 heavy (non-hydrogen) atoms. The van der Waals surface area contributed by atoms with Gasteiger partial charge in [0.25, 0.3) is 0 Å². The van der Waals surface area contributed by atoms with Crippen LogP contribution in [0, 0.1) is 11.7 Å². The van der Waals surface area contributed by atoms with Crippen LogP contribution in [0.25, 0.3) is 0 Å². The molecule has 1 aromatic rings. The summed E-state index contributed by atoms with van der Waals surface area (Å²) in [5.74, 6) is 0.0390. The number of aliphatic hydroxyl groups excluding tert-OH is 1. The Bertz CT molecular complexity index is 595. The van der Waals surface area contributed by atoms with Crippen LogP contribution in [0.4, 0.5) is 4.39 Å². The predicted molar refractivity (Wildman–Crippen MR) is 89.3 cm³/mol. The summed E-state index contributed by atoms with van der Waals surface area (Å²) >= 11 is 0. The Hall–Kier alpha value is -0.550. The number of halogens is 1. The second-order valence-electron chi connectivity index (χ2n) is 5.94. The van der Waals surface area contributed by atoms with E-state index in [2.05, 4.69) is 9.24 Å². The molecule has 0 aliphatic carbocycles. The molecule has 1 saturated heterocycles. The Morgan fingerprint density at radius 3 is 2.50 bits per heavy atom. The van der Waals surface area contributed by atoms with Crippen LogP contribution in [-0.4, -0.2) is 43.8 Å². The molecule has 124 valence electrons. The summed E-state index contributed by atoms with van der Waals surface area (Å²) in [5, 5.41) is 10.1. The normalized spacial score (nSPS) is 19.3. The van der Waals surface area contributed by atoms with Gasteiger partial charge in [-0.1, -0.05) is 6.07 Å². The molecule has 0 radical (unpaired) electrons. The lowest BCUT2D eigenvalue weighted by Gasteiger charge is -2.35. The molecule has 1 aliphatic heterocycles. The Labute approximate surface area is 134 Å². The average Bonchev–Trinajstić information content (AvgIpc) is 2.43. The first-order chi connectivity index (χ1) is 10.3. The highest BCUT2D eigenvalue weighted by atomic mass is 32.2. The lowest BCUT2D eigenvalue weighted by molar-refractivity contribution is 0.206. The summed E-state index contributed by atoms with van der Waals surface area (Å²) in [6.45, 7) is 1.03. The lowest BCUT2D eigenvalue weighted by atomic mass is 9.78. The standard InChI is InChI=1S/C15H23FNO3PS/c1-22(19,20)17-5-2-11(3-6-17)15(4-7-18)12-8-13(16)10-14(21)9-12/h8-11,15,18H,2-7,21H2,1H3. The van der Waals surface area contributed by atoms with Crippen LogP contribution < -0.4 is 5.30 Å². The number of hydrogen-bond acceptors (Lipinski definition) is 3. The summed E-state index contributed by atoms with van der Waals surface area (Å²) in [7, 11) is -0.646.